The highest BCUT2D eigenvalue weighted by molar-refractivity contribution is 5.89. The zero-order chi connectivity index (χ0) is 13.4. The largest absolute Gasteiger partial charge is 0.384 e. The molecule has 0 unspecified atom stereocenters. The number of anilines is 2. The van der Waals surface area contributed by atoms with Crippen LogP contribution in [-0.2, 0) is 4.79 Å². The van der Waals surface area contributed by atoms with E-state index in [1.54, 1.807) is 6.20 Å². The van der Waals surface area contributed by atoms with Crippen molar-refractivity contribution < 1.29 is 4.79 Å². The molecular weight excluding hydrogens is 226 g/mol. The lowest BCUT2D eigenvalue weighted by atomic mass is 10.1. The van der Waals surface area contributed by atoms with Crippen molar-refractivity contribution >= 4 is 17.4 Å². The van der Waals surface area contributed by atoms with Crippen LogP contribution in [0.2, 0.25) is 0 Å². The summed E-state index contributed by atoms with van der Waals surface area (Å²) in [6.45, 7) is 7.16. The van der Waals surface area contributed by atoms with Crippen LogP contribution in [0.4, 0.5) is 11.5 Å². The Hall–Kier alpha value is -1.58. The lowest BCUT2D eigenvalue weighted by molar-refractivity contribution is -0.116. The molecule has 4 nitrogen and oxygen atoms in total. The second-order valence-corrected chi connectivity index (χ2v) is 4.86. The van der Waals surface area contributed by atoms with E-state index >= 15 is 0 Å². The highest BCUT2D eigenvalue weighted by Crippen LogP contribution is 2.11. The van der Waals surface area contributed by atoms with Gasteiger partial charge in [0.25, 0.3) is 0 Å². The lowest BCUT2D eigenvalue weighted by Crippen LogP contribution is -2.14. The van der Waals surface area contributed by atoms with Gasteiger partial charge < -0.3 is 10.6 Å². The third kappa shape index (κ3) is 5.66. The average molecular weight is 249 g/mol. The summed E-state index contributed by atoms with van der Waals surface area (Å²) in [6, 6.07) is 3.76. The number of hydrogen-bond donors (Lipinski definition) is 2. The number of nitrogens with zero attached hydrogens (tertiary/aromatic N) is 1. The predicted octanol–water partition coefficient (Wildman–Crippen LogP) is 3.28. The molecule has 1 rings (SSSR count). The van der Waals surface area contributed by atoms with E-state index in [1.165, 1.54) is 6.42 Å². The summed E-state index contributed by atoms with van der Waals surface area (Å²) in [5.74, 6) is 0.992. The molecule has 1 amide bonds. The highest BCUT2D eigenvalue weighted by Gasteiger charge is 2.05. The Morgan fingerprint density at radius 3 is 2.72 bits per heavy atom. The first-order chi connectivity index (χ1) is 8.61. The Kier molecular flexibility index (Phi) is 6.19. The first-order valence-corrected chi connectivity index (χ1v) is 6.61. The number of unbranched alkanes of at least 4 members (excludes halogenated alkanes) is 1. The maximum absolute atomic E-state index is 11.6. The summed E-state index contributed by atoms with van der Waals surface area (Å²) >= 11 is 0. The van der Waals surface area contributed by atoms with Crippen molar-refractivity contribution in [2.75, 3.05) is 17.2 Å². The highest BCUT2D eigenvalue weighted by atomic mass is 16.1. The number of nitrogens with one attached hydrogen (secondary N) is 2. The molecule has 18 heavy (non-hydrogen) atoms. The van der Waals surface area contributed by atoms with Crippen molar-refractivity contribution in [3.8, 4) is 0 Å². The van der Waals surface area contributed by atoms with Gasteiger partial charge in [-0.15, -0.1) is 0 Å². The van der Waals surface area contributed by atoms with E-state index < -0.39 is 0 Å². The average Bonchev–Trinajstić information content (AvgIpc) is 2.30. The summed E-state index contributed by atoms with van der Waals surface area (Å²) in [7, 11) is 0. The fourth-order valence-corrected chi connectivity index (χ4v) is 1.55. The van der Waals surface area contributed by atoms with Gasteiger partial charge in [-0.2, -0.15) is 0 Å². The maximum Gasteiger partial charge on any atom is 0.225 e. The van der Waals surface area contributed by atoms with Gasteiger partial charge in [-0.25, -0.2) is 4.98 Å². The SMILES string of the molecule is CCCCNc1ccc(NC(=O)CC(C)C)nc1. The van der Waals surface area contributed by atoms with E-state index in [2.05, 4.69) is 22.5 Å². The van der Waals surface area contributed by atoms with Gasteiger partial charge in [0.15, 0.2) is 0 Å². The Labute approximate surface area is 109 Å². The molecule has 0 fully saturated rings. The monoisotopic (exact) mass is 249 g/mol. The van der Waals surface area contributed by atoms with Crippen LogP contribution in [0.1, 0.15) is 40.0 Å². The number of amides is 1. The van der Waals surface area contributed by atoms with Crippen LogP contribution in [0.25, 0.3) is 0 Å². The van der Waals surface area contributed by atoms with Gasteiger partial charge in [-0.3, -0.25) is 4.79 Å². The molecule has 1 aromatic heterocycles. The zero-order valence-corrected chi connectivity index (χ0v) is 11.5. The molecule has 0 aliphatic rings. The Morgan fingerprint density at radius 2 is 2.17 bits per heavy atom. The normalized spacial score (nSPS) is 10.4. The van der Waals surface area contributed by atoms with Gasteiger partial charge in [0, 0.05) is 13.0 Å². The summed E-state index contributed by atoms with van der Waals surface area (Å²) < 4.78 is 0. The second kappa shape index (κ2) is 7.69. The van der Waals surface area contributed by atoms with Crippen molar-refractivity contribution in [2.45, 2.75) is 40.0 Å². The molecule has 0 spiro atoms. The van der Waals surface area contributed by atoms with Gasteiger partial charge in [0.05, 0.1) is 11.9 Å². The minimum Gasteiger partial charge on any atom is -0.384 e. The van der Waals surface area contributed by atoms with Gasteiger partial charge in [0.1, 0.15) is 5.82 Å². The summed E-state index contributed by atoms with van der Waals surface area (Å²) in [4.78, 5) is 15.8. The van der Waals surface area contributed by atoms with Gasteiger partial charge in [-0.05, 0) is 24.5 Å². The van der Waals surface area contributed by atoms with Gasteiger partial charge >= 0.3 is 0 Å². The zero-order valence-electron chi connectivity index (χ0n) is 11.5. The van der Waals surface area contributed by atoms with Crippen molar-refractivity contribution in [2.24, 2.45) is 5.92 Å². The van der Waals surface area contributed by atoms with E-state index in [0.29, 0.717) is 18.2 Å². The van der Waals surface area contributed by atoms with Crippen LogP contribution in [0.15, 0.2) is 18.3 Å². The molecule has 0 bridgehead atoms. The summed E-state index contributed by atoms with van der Waals surface area (Å²) in [6.07, 6.45) is 4.59. The molecule has 1 aromatic rings. The van der Waals surface area contributed by atoms with E-state index in [9.17, 15) is 4.79 Å². The smallest absolute Gasteiger partial charge is 0.225 e. The van der Waals surface area contributed by atoms with Gasteiger partial charge in [-0.1, -0.05) is 27.2 Å². The molecule has 1 heterocycles. The molecule has 100 valence electrons. The fourth-order valence-electron chi connectivity index (χ4n) is 1.55. The molecule has 0 aromatic carbocycles. The molecule has 0 aliphatic carbocycles. The Morgan fingerprint density at radius 1 is 1.39 bits per heavy atom. The molecule has 0 saturated heterocycles. The molecule has 4 heteroatoms. The van der Waals surface area contributed by atoms with E-state index in [4.69, 9.17) is 0 Å². The van der Waals surface area contributed by atoms with Crippen LogP contribution in [-0.4, -0.2) is 17.4 Å². The standard InChI is InChI=1S/C14H23N3O/c1-4-5-8-15-12-6-7-13(16-10-12)17-14(18)9-11(2)3/h6-7,10-11,15H,4-5,8-9H2,1-3H3,(H,16,17,18). The number of carbonyl (C=O) groups is 1. The summed E-state index contributed by atoms with van der Waals surface area (Å²) in [5.41, 5.74) is 0.991. The number of rotatable bonds is 7. The van der Waals surface area contributed by atoms with Crippen molar-refractivity contribution in [1.29, 1.82) is 0 Å². The van der Waals surface area contributed by atoms with Crippen molar-refractivity contribution in [1.82, 2.24) is 4.98 Å². The minimum atomic E-state index is 0.0178. The predicted molar refractivity (Wildman–Crippen MR) is 75.7 cm³/mol. The van der Waals surface area contributed by atoms with E-state index in [1.807, 2.05) is 26.0 Å². The van der Waals surface area contributed by atoms with Crippen LogP contribution in [0, 0.1) is 5.92 Å². The number of aromatic nitrogens is 1. The summed E-state index contributed by atoms with van der Waals surface area (Å²) in [5, 5.41) is 6.07. The Balaban J connectivity index is 2.42. The Bertz CT molecular complexity index is 360. The molecular formula is C14H23N3O. The number of carbonyl (C=O) groups excluding carboxylic acids is 1. The molecule has 2 N–H and O–H groups in total. The quantitative estimate of drug-likeness (QED) is 0.729. The van der Waals surface area contributed by atoms with E-state index in [-0.39, 0.29) is 5.91 Å². The first-order valence-electron chi connectivity index (χ1n) is 6.61. The third-order valence-electron chi connectivity index (χ3n) is 2.48. The fraction of sp³-hybridized carbons (Fsp3) is 0.571. The molecule has 0 saturated carbocycles. The van der Waals surface area contributed by atoms with Crippen LogP contribution < -0.4 is 10.6 Å². The van der Waals surface area contributed by atoms with Crippen LogP contribution in [0.5, 0.6) is 0 Å². The number of hydrogen-bond acceptors (Lipinski definition) is 3. The molecule has 0 aliphatic heterocycles. The van der Waals surface area contributed by atoms with Crippen molar-refractivity contribution in [3.63, 3.8) is 0 Å². The van der Waals surface area contributed by atoms with Gasteiger partial charge in [0.2, 0.25) is 5.91 Å². The van der Waals surface area contributed by atoms with Crippen LogP contribution >= 0.6 is 0 Å². The molecule has 0 atom stereocenters. The lowest BCUT2D eigenvalue weighted by Gasteiger charge is -2.08. The minimum absolute atomic E-state index is 0.0178. The number of pyridine rings is 1. The first kappa shape index (κ1) is 14.5. The van der Waals surface area contributed by atoms with Crippen molar-refractivity contribution in [3.05, 3.63) is 18.3 Å². The van der Waals surface area contributed by atoms with Crippen LogP contribution in [0.3, 0.4) is 0 Å². The third-order valence-corrected chi connectivity index (χ3v) is 2.48. The molecule has 0 radical (unpaired) electrons. The topological polar surface area (TPSA) is 54.0 Å². The second-order valence-electron chi connectivity index (χ2n) is 4.86. The van der Waals surface area contributed by atoms with E-state index in [0.717, 1.165) is 18.7 Å². The maximum atomic E-state index is 11.6.